The Morgan fingerprint density at radius 1 is 1.21 bits per heavy atom. The van der Waals surface area contributed by atoms with Gasteiger partial charge in [0.15, 0.2) is 11.6 Å². The van der Waals surface area contributed by atoms with Crippen molar-refractivity contribution >= 4 is 16.9 Å². The summed E-state index contributed by atoms with van der Waals surface area (Å²) in [5.41, 5.74) is 1.81. The Morgan fingerprint density at radius 3 is 2.79 bits per heavy atom. The van der Waals surface area contributed by atoms with Gasteiger partial charge in [0.1, 0.15) is 5.52 Å². The minimum atomic E-state index is -0.412. The van der Waals surface area contributed by atoms with E-state index < -0.39 is 5.82 Å². The number of carbonyl (C=O) groups excluding carboxylic acids is 1. The summed E-state index contributed by atoms with van der Waals surface area (Å²) < 4.78 is 14.0. The molecule has 3 aromatic rings. The summed E-state index contributed by atoms with van der Waals surface area (Å²) in [7, 11) is 0. The van der Waals surface area contributed by atoms with E-state index in [1.54, 1.807) is 12.1 Å². The summed E-state index contributed by atoms with van der Waals surface area (Å²) in [5, 5.41) is 3.76. The molecule has 2 aliphatic rings. The highest BCUT2D eigenvalue weighted by Gasteiger charge is 2.73. The molecule has 0 radical (unpaired) electrons. The van der Waals surface area contributed by atoms with Gasteiger partial charge in [0.25, 0.3) is 5.91 Å². The minimum Gasteiger partial charge on any atom is -0.334 e. The predicted molar refractivity (Wildman–Crippen MR) is 110 cm³/mol. The van der Waals surface area contributed by atoms with Crippen molar-refractivity contribution in [1.82, 2.24) is 20.2 Å². The highest BCUT2D eigenvalue weighted by molar-refractivity contribution is 5.95. The quantitative estimate of drug-likeness (QED) is 0.666. The van der Waals surface area contributed by atoms with Gasteiger partial charge in [-0.2, -0.15) is 0 Å². The number of rotatable bonds is 6. The normalized spacial score (nSPS) is 25.2. The molecule has 6 heteroatoms. The van der Waals surface area contributed by atoms with Crippen LogP contribution in [-0.2, 0) is 6.54 Å². The summed E-state index contributed by atoms with van der Waals surface area (Å²) in [6.45, 7) is 3.41. The van der Waals surface area contributed by atoms with Gasteiger partial charge in [-0.05, 0) is 50.3 Å². The number of imidazole rings is 1. The molecule has 0 aliphatic heterocycles. The standard InChI is InChI=1S/C23H25FN4O/c1-2-28(21(29)20-26-18-11-6-10-17(24)19(18)27-20)23-13-7-12-22(23,15-23)25-14-16-8-4-3-5-9-16/h3-6,8-11,25H,2,7,12-15H2,1H3,(H,26,27)/t22-,23-/m0/s1. The Kier molecular flexibility index (Phi) is 4.21. The lowest BCUT2D eigenvalue weighted by Gasteiger charge is -2.32. The van der Waals surface area contributed by atoms with Crippen LogP contribution in [0.2, 0.25) is 0 Å². The van der Waals surface area contributed by atoms with E-state index in [9.17, 15) is 9.18 Å². The number of benzene rings is 2. The fourth-order valence-electron chi connectivity index (χ4n) is 5.32. The highest BCUT2D eigenvalue weighted by atomic mass is 19.1. The Balaban J connectivity index is 1.40. The number of H-pyrrole nitrogens is 1. The number of nitrogens with one attached hydrogen (secondary N) is 2. The van der Waals surface area contributed by atoms with Crippen molar-refractivity contribution in [3.63, 3.8) is 0 Å². The molecule has 2 atom stereocenters. The molecule has 1 amide bonds. The Hall–Kier alpha value is -2.73. The average molecular weight is 392 g/mol. The van der Waals surface area contributed by atoms with Gasteiger partial charge in [-0.3, -0.25) is 4.79 Å². The van der Waals surface area contributed by atoms with E-state index in [2.05, 4.69) is 27.4 Å². The van der Waals surface area contributed by atoms with Crippen LogP contribution in [0.3, 0.4) is 0 Å². The first-order valence-electron chi connectivity index (χ1n) is 10.3. The van der Waals surface area contributed by atoms with Crippen molar-refractivity contribution in [1.29, 1.82) is 0 Å². The number of nitrogens with zero attached hydrogens (tertiary/aromatic N) is 2. The molecule has 5 nitrogen and oxygen atoms in total. The second-order valence-corrected chi connectivity index (χ2v) is 8.25. The maximum Gasteiger partial charge on any atom is 0.290 e. The van der Waals surface area contributed by atoms with Gasteiger partial charge in [0.05, 0.1) is 11.1 Å². The van der Waals surface area contributed by atoms with Gasteiger partial charge in [0, 0.05) is 18.6 Å². The predicted octanol–water partition coefficient (Wildman–Crippen LogP) is 4.02. The first kappa shape index (κ1) is 18.3. The second kappa shape index (κ2) is 6.66. The van der Waals surface area contributed by atoms with Gasteiger partial charge in [-0.1, -0.05) is 36.4 Å². The van der Waals surface area contributed by atoms with E-state index in [0.29, 0.717) is 12.1 Å². The number of carbonyl (C=O) groups is 1. The lowest BCUT2D eigenvalue weighted by Crippen LogP contribution is -2.49. The molecule has 1 heterocycles. The summed E-state index contributed by atoms with van der Waals surface area (Å²) in [4.78, 5) is 22.6. The molecular formula is C23H25FN4O. The summed E-state index contributed by atoms with van der Waals surface area (Å²) in [5.74, 6) is -0.337. The van der Waals surface area contributed by atoms with Crippen LogP contribution in [0.5, 0.6) is 0 Å². The molecule has 5 rings (SSSR count). The molecule has 2 N–H and O–H groups in total. The van der Waals surface area contributed by atoms with Crippen molar-refractivity contribution < 1.29 is 9.18 Å². The number of amides is 1. The molecular weight excluding hydrogens is 367 g/mol. The molecule has 0 spiro atoms. The second-order valence-electron chi connectivity index (χ2n) is 8.25. The number of hydrogen-bond acceptors (Lipinski definition) is 3. The smallest absolute Gasteiger partial charge is 0.290 e. The zero-order chi connectivity index (χ0) is 20.1. The van der Waals surface area contributed by atoms with Gasteiger partial charge >= 0.3 is 0 Å². The maximum absolute atomic E-state index is 14.0. The zero-order valence-electron chi connectivity index (χ0n) is 16.5. The van der Waals surface area contributed by atoms with E-state index >= 15 is 0 Å². The van der Waals surface area contributed by atoms with Crippen LogP contribution in [0, 0.1) is 5.82 Å². The number of aromatic amines is 1. The molecule has 2 fully saturated rings. The molecule has 2 aliphatic carbocycles. The number of hydrogen-bond donors (Lipinski definition) is 2. The number of fused-ring (bicyclic) bond motifs is 2. The lowest BCUT2D eigenvalue weighted by molar-refractivity contribution is 0.0625. The molecule has 0 bridgehead atoms. The molecule has 2 aromatic carbocycles. The van der Waals surface area contributed by atoms with Crippen molar-refractivity contribution in [2.45, 2.75) is 50.2 Å². The van der Waals surface area contributed by atoms with Crippen LogP contribution in [-0.4, -0.2) is 38.4 Å². The van der Waals surface area contributed by atoms with E-state index in [0.717, 1.165) is 32.2 Å². The number of aromatic nitrogens is 2. The average Bonchev–Trinajstić information content (AvgIpc) is 3.05. The van der Waals surface area contributed by atoms with E-state index in [1.807, 2.05) is 30.0 Å². The number of halogens is 1. The molecule has 1 aromatic heterocycles. The molecule has 0 saturated heterocycles. The van der Waals surface area contributed by atoms with Gasteiger partial charge < -0.3 is 15.2 Å². The van der Waals surface area contributed by atoms with Crippen molar-refractivity contribution in [2.24, 2.45) is 0 Å². The van der Waals surface area contributed by atoms with Gasteiger partial charge in [0.2, 0.25) is 0 Å². The van der Waals surface area contributed by atoms with Crippen molar-refractivity contribution in [2.75, 3.05) is 6.54 Å². The SMILES string of the molecule is CCN(C(=O)c1nc2c(F)cccc2[nH]1)[C@]12CCC[C@]1(NCc1ccccc1)C2. The van der Waals surface area contributed by atoms with Crippen LogP contribution in [0.4, 0.5) is 4.39 Å². The highest BCUT2D eigenvalue weighted by Crippen LogP contribution is 2.63. The fourth-order valence-corrected chi connectivity index (χ4v) is 5.32. The van der Waals surface area contributed by atoms with Crippen LogP contribution < -0.4 is 5.32 Å². The van der Waals surface area contributed by atoms with E-state index in [1.165, 1.54) is 11.6 Å². The molecule has 150 valence electrons. The number of likely N-dealkylation sites (N-methyl/N-ethyl adjacent to an activating group) is 1. The topological polar surface area (TPSA) is 61.0 Å². The van der Waals surface area contributed by atoms with Gasteiger partial charge in [-0.25, -0.2) is 9.37 Å². The third-order valence-electron chi connectivity index (χ3n) is 6.77. The van der Waals surface area contributed by atoms with E-state index in [4.69, 9.17) is 0 Å². The van der Waals surface area contributed by atoms with Crippen molar-refractivity contribution in [3.8, 4) is 0 Å². The zero-order valence-corrected chi connectivity index (χ0v) is 16.5. The van der Waals surface area contributed by atoms with Crippen LogP contribution in [0.25, 0.3) is 11.0 Å². The largest absolute Gasteiger partial charge is 0.334 e. The Morgan fingerprint density at radius 2 is 2.03 bits per heavy atom. The fraction of sp³-hybridized carbons (Fsp3) is 0.391. The summed E-state index contributed by atoms with van der Waals surface area (Å²) >= 11 is 0. The first-order valence-corrected chi connectivity index (χ1v) is 10.3. The third kappa shape index (κ3) is 2.77. The number of para-hydroxylation sites is 1. The van der Waals surface area contributed by atoms with Gasteiger partial charge in [-0.15, -0.1) is 0 Å². The molecule has 2 saturated carbocycles. The van der Waals surface area contributed by atoms with Crippen LogP contribution >= 0.6 is 0 Å². The first-order chi connectivity index (χ1) is 14.1. The van der Waals surface area contributed by atoms with Crippen LogP contribution in [0.15, 0.2) is 48.5 Å². The summed E-state index contributed by atoms with van der Waals surface area (Å²) in [6.07, 6.45) is 4.11. The molecule has 0 unspecified atom stereocenters. The van der Waals surface area contributed by atoms with Crippen LogP contribution in [0.1, 0.15) is 48.8 Å². The maximum atomic E-state index is 14.0. The van der Waals surface area contributed by atoms with Crippen molar-refractivity contribution in [3.05, 3.63) is 65.7 Å². The Labute approximate surface area is 169 Å². The molecule has 29 heavy (non-hydrogen) atoms. The Bertz CT molecular complexity index is 1070. The monoisotopic (exact) mass is 392 g/mol. The third-order valence-corrected chi connectivity index (χ3v) is 6.77. The van der Waals surface area contributed by atoms with E-state index in [-0.39, 0.29) is 28.3 Å². The minimum absolute atomic E-state index is 0.0359. The summed E-state index contributed by atoms with van der Waals surface area (Å²) in [6, 6.07) is 15.1. The lowest BCUT2D eigenvalue weighted by atomic mass is 10.1.